The topological polar surface area (TPSA) is 131 Å². The van der Waals surface area contributed by atoms with Gasteiger partial charge >= 0.3 is 0 Å². The van der Waals surface area contributed by atoms with Gasteiger partial charge in [0.2, 0.25) is 0 Å². The van der Waals surface area contributed by atoms with E-state index in [4.69, 9.17) is 28.5 Å². The summed E-state index contributed by atoms with van der Waals surface area (Å²) in [5.41, 5.74) is 8.06. The Morgan fingerprint density at radius 2 is 0.972 bits per heavy atom. The number of carbonyl (C=O) groups is 2. The highest BCUT2D eigenvalue weighted by Crippen LogP contribution is 2.46. The smallest absolute Gasteiger partial charge is 0.259 e. The Labute approximate surface area is 424 Å². The van der Waals surface area contributed by atoms with E-state index in [1.54, 1.807) is 38.5 Å². The fourth-order valence-electron chi connectivity index (χ4n) is 9.20. The van der Waals surface area contributed by atoms with Crippen molar-refractivity contribution >= 4 is 42.8 Å². The fraction of sp³-hybridized carbons (Fsp3) is 0.250. The van der Waals surface area contributed by atoms with Crippen LogP contribution in [0.25, 0.3) is 0 Å². The number of ether oxygens (including phenoxy) is 3. The van der Waals surface area contributed by atoms with E-state index < -0.39 is 14.1 Å². The van der Waals surface area contributed by atoms with Crippen LogP contribution in [-0.4, -0.2) is 62.4 Å². The Hall–Kier alpha value is -7.16. The number of nitrogens with zero attached hydrogens (tertiary/aromatic N) is 2. The Morgan fingerprint density at radius 3 is 1.42 bits per heavy atom. The van der Waals surface area contributed by atoms with Crippen molar-refractivity contribution in [3.8, 4) is 17.6 Å². The minimum Gasteiger partial charge on any atom is -0.497 e. The zero-order valence-electron chi connectivity index (χ0n) is 41.7. The van der Waals surface area contributed by atoms with Crippen molar-refractivity contribution in [3.63, 3.8) is 0 Å². The zero-order valence-corrected chi connectivity index (χ0v) is 42.6. The molecule has 1 atom stereocenters. The van der Waals surface area contributed by atoms with Gasteiger partial charge in [-0.2, -0.15) is 5.26 Å². The number of ketones is 2. The van der Waals surface area contributed by atoms with Crippen LogP contribution in [0.15, 0.2) is 164 Å². The minimum atomic E-state index is -1.34. The first-order valence-electron chi connectivity index (χ1n) is 24.3. The first-order valence-corrected chi connectivity index (χ1v) is 25.4. The predicted molar refractivity (Wildman–Crippen MR) is 286 cm³/mol. The van der Waals surface area contributed by atoms with Crippen molar-refractivity contribution in [2.24, 2.45) is 0 Å². The average molecular weight is 981 g/mol. The quantitative estimate of drug-likeness (QED) is 0.0361. The second kappa shape index (κ2) is 23.8. The van der Waals surface area contributed by atoms with Crippen molar-refractivity contribution in [2.45, 2.75) is 64.6 Å². The number of nitrogens with one attached hydrogen (secondary N) is 2. The Morgan fingerprint density at radius 1 is 0.542 bits per heavy atom. The molecule has 1 aliphatic carbocycles. The van der Waals surface area contributed by atoms with E-state index in [0.717, 1.165) is 50.7 Å². The van der Waals surface area contributed by atoms with Gasteiger partial charge in [-0.1, -0.05) is 103 Å². The third kappa shape index (κ3) is 11.5. The number of benzene rings is 7. The van der Waals surface area contributed by atoms with Crippen LogP contribution in [0.4, 0.5) is 22.7 Å². The molecule has 1 aliphatic rings. The minimum absolute atomic E-state index is 0.214. The molecule has 0 saturated heterocycles. The lowest BCUT2D eigenvalue weighted by molar-refractivity contribution is 0.0147. The van der Waals surface area contributed by atoms with Gasteiger partial charge in [-0.05, 0) is 129 Å². The molecular formula is C60H61N4O7P. The molecule has 12 heteroatoms. The maximum atomic E-state index is 14.4. The lowest BCUT2D eigenvalue weighted by atomic mass is 9.80. The molecule has 2 N–H and O–H groups in total. The molecule has 0 aromatic heterocycles. The maximum Gasteiger partial charge on any atom is 0.259 e. The van der Waals surface area contributed by atoms with Crippen LogP contribution >= 0.6 is 8.53 Å². The van der Waals surface area contributed by atoms with Gasteiger partial charge in [0.1, 0.15) is 17.1 Å². The summed E-state index contributed by atoms with van der Waals surface area (Å²) in [7, 11) is 1.98. The molecule has 368 valence electrons. The standard InChI is InChI=1S/C60H61N4O7P/c1-41(2)64(42(3)4)72(70-38-12-37-61)71-40-36-44-19-27-49(28-20-44)63-55-34-33-54(56-57(55)59(66)53-16-11-10-15-52(53)58(56)65)62-48-25-17-43(18-26-48)35-39-69-60(45-13-8-7-9-14-45,46-21-29-50(67-5)30-22-46)47-23-31-51(68-6)32-24-47/h7-11,13-34,41-42,62-63H,12,35-36,38-40H2,1-6H3. The Kier molecular flexibility index (Phi) is 17.0. The summed E-state index contributed by atoms with van der Waals surface area (Å²) in [5.74, 6) is 1.06. The molecule has 7 aromatic rings. The number of rotatable bonds is 23. The molecule has 0 aliphatic heterocycles. The Bertz CT molecular complexity index is 2920. The number of anilines is 4. The monoisotopic (exact) mass is 980 g/mol. The summed E-state index contributed by atoms with van der Waals surface area (Å²) in [4.78, 5) is 28.8. The van der Waals surface area contributed by atoms with Crippen molar-refractivity contribution in [2.75, 3.05) is 44.7 Å². The van der Waals surface area contributed by atoms with Crippen LogP contribution < -0.4 is 20.1 Å². The molecule has 0 heterocycles. The predicted octanol–water partition coefficient (Wildman–Crippen LogP) is 13.4. The molecule has 7 aromatic carbocycles. The van der Waals surface area contributed by atoms with Crippen molar-refractivity contribution in [1.29, 1.82) is 5.26 Å². The van der Waals surface area contributed by atoms with Crippen LogP contribution in [0.1, 0.15) is 93.8 Å². The summed E-state index contributed by atoms with van der Waals surface area (Å²) >= 11 is 0. The number of carbonyl (C=O) groups excluding carboxylic acids is 2. The van der Waals surface area contributed by atoms with Gasteiger partial charge in [0, 0.05) is 34.6 Å². The summed E-state index contributed by atoms with van der Waals surface area (Å²) in [6.45, 7) is 9.63. The van der Waals surface area contributed by atoms with Gasteiger partial charge < -0.3 is 33.9 Å². The van der Waals surface area contributed by atoms with E-state index in [-0.39, 0.29) is 23.7 Å². The van der Waals surface area contributed by atoms with Crippen molar-refractivity contribution in [1.82, 2.24) is 4.67 Å². The molecule has 0 spiro atoms. The van der Waals surface area contributed by atoms with Crippen LogP contribution in [0.5, 0.6) is 11.5 Å². The summed E-state index contributed by atoms with van der Waals surface area (Å²) in [5, 5.41) is 16.0. The lowest BCUT2D eigenvalue weighted by Gasteiger charge is -2.36. The van der Waals surface area contributed by atoms with Crippen molar-refractivity contribution in [3.05, 3.63) is 214 Å². The highest BCUT2D eigenvalue weighted by Gasteiger charge is 2.38. The molecule has 1 unspecified atom stereocenters. The van der Waals surface area contributed by atoms with Gasteiger partial charge in [0.05, 0.1) is 69.0 Å². The second-order valence-electron chi connectivity index (χ2n) is 18.0. The first-order chi connectivity index (χ1) is 35.0. The second-order valence-corrected chi connectivity index (χ2v) is 19.4. The summed E-state index contributed by atoms with van der Waals surface area (Å²) < 4.78 is 32.7. The van der Waals surface area contributed by atoms with Gasteiger partial charge in [0.25, 0.3) is 8.53 Å². The molecular weight excluding hydrogens is 920 g/mol. The number of hydrogen-bond acceptors (Lipinski definition) is 11. The number of hydrogen-bond donors (Lipinski definition) is 2. The van der Waals surface area contributed by atoms with E-state index in [2.05, 4.69) is 61.2 Å². The first kappa shape index (κ1) is 51.2. The van der Waals surface area contributed by atoms with Crippen molar-refractivity contribution < 1.29 is 32.8 Å². The zero-order chi connectivity index (χ0) is 50.6. The van der Waals surface area contributed by atoms with Crippen LogP contribution in [0.3, 0.4) is 0 Å². The third-order valence-electron chi connectivity index (χ3n) is 12.7. The third-order valence-corrected chi connectivity index (χ3v) is 14.8. The summed E-state index contributed by atoms with van der Waals surface area (Å²) in [6, 6.07) is 55.5. The average Bonchev–Trinajstić information content (AvgIpc) is 3.40. The number of fused-ring (bicyclic) bond motifs is 2. The highest BCUT2D eigenvalue weighted by atomic mass is 31.2. The Balaban J connectivity index is 0.993. The molecule has 8 rings (SSSR count). The van der Waals surface area contributed by atoms with Crippen LogP contribution in [-0.2, 0) is 32.2 Å². The maximum absolute atomic E-state index is 14.4. The molecule has 72 heavy (non-hydrogen) atoms. The van der Waals surface area contributed by atoms with Gasteiger partial charge in [0.15, 0.2) is 11.6 Å². The molecule has 0 amide bonds. The van der Waals surface area contributed by atoms with E-state index in [0.29, 0.717) is 72.7 Å². The molecule has 0 fully saturated rings. The highest BCUT2D eigenvalue weighted by molar-refractivity contribution is 7.44. The van der Waals surface area contributed by atoms with Crippen LogP contribution in [0, 0.1) is 11.3 Å². The fourth-order valence-corrected chi connectivity index (χ4v) is 10.8. The summed E-state index contributed by atoms with van der Waals surface area (Å²) in [6.07, 6.45) is 1.58. The van der Waals surface area contributed by atoms with Gasteiger partial charge in [-0.15, -0.1) is 0 Å². The molecule has 0 bridgehead atoms. The molecule has 11 nitrogen and oxygen atoms in total. The van der Waals surface area contributed by atoms with E-state index >= 15 is 0 Å². The van der Waals surface area contributed by atoms with E-state index in [1.165, 1.54) is 0 Å². The van der Waals surface area contributed by atoms with Crippen LogP contribution in [0.2, 0.25) is 0 Å². The normalized spacial score (nSPS) is 12.6. The largest absolute Gasteiger partial charge is 0.497 e. The molecule has 0 radical (unpaired) electrons. The molecule has 0 saturated carbocycles. The van der Waals surface area contributed by atoms with Gasteiger partial charge in [-0.25, -0.2) is 4.67 Å². The SMILES string of the molecule is COc1ccc(C(OCCc2ccc(Nc3ccc(Nc4ccc(CCOP(OCCC#N)N(C(C)C)C(C)C)cc4)c4c3C(=O)c3ccccc3C4=O)cc2)(c2ccccc2)c2ccc(OC)cc2)cc1. The lowest BCUT2D eigenvalue weighted by Crippen LogP contribution is -2.33. The van der Waals surface area contributed by atoms with Gasteiger partial charge in [-0.3, -0.25) is 9.59 Å². The van der Waals surface area contributed by atoms with E-state index in [1.807, 2.05) is 127 Å². The van der Waals surface area contributed by atoms with E-state index in [9.17, 15) is 9.59 Å². The number of methoxy groups -OCH3 is 2. The number of nitriles is 1.